The van der Waals surface area contributed by atoms with Crippen LogP contribution in [-0.2, 0) is 0 Å². The molecule has 20 heavy (non-hydrogen) atoms. The van der Waals surface area contributed by atoms with Crippen LogP contribution in [0.5, 0.6) is 0 Å². The van der Waals surface area contributed by atoms with E-state index in [-0.39, 0.29) is 10.6 Å². The minimum absolute atomic E-state index is 0.0962. The predicted molar refractivity (Wildman–Crippen MR) is 80.4 cm³/mol. The van der Waals surface area contributed by atoms with Crippen LogP contribution in [0.4, 0.5) is 5.82 Å². The second-order valence-electron chi connectivity index (χ2n) is 5.53. The van der Waals surface area contributed by atoms with Gasteiger partial charge in [-0.15, -0.1) is 0 Å². The highest BCUT2D eigenvalue weighted by molar-refractivity contribution is 6.33. The van der Waals surface area contributed by atoms with E-state index >= 15 is 0 Å². The van der Waals surface area contributed by atoms with Gasteiger partial charge in [0.25, 0.3) is 0 Å². The van der Waals surface area contributed by atoms with Crippen LogP contribution in [0.1, 0.15) is 49.4 Å². The third kappa shape index (κ3) is 3.85. The van der Waals surface area contributed by atoms with E-state index in [2.05, 4.69) is 17.2 Å². The maximum Gasteiger partial charge on any atom is 0.337 e. The van der Waals surface area contributed by atoms with Crippen LogP contribution in [0.15, 0.2) is 12.3 Å². The SMILES string of the molecule is CCC1CCC(CNc2cc(C(=O)O)c(Cl)cn2)CC1. The van der Waals surface area contributed by atoms with Gasteiger partial charge in [0.1, 0.15) is 5.82 Å². The van der Waals surface area contributed by atoms with E-state index in [1.54, 1.807) is 0 Å². The Kier molecular flexibility index (Phi) is 5.24. The molecule has 0 amide bonds. The number of rotatable bonds is 5. The quantitative estimate of drug-likeness (QED) is 0.860. The third-order valence-electron chi connectivity index (χ3n) is 4.20. The Bertz CT molecular complexity index is 471. The molecule has 110 valence electrons. The van der Waals surface area contributed by atoms with Gasteiger partial charge in [0.2, 0.25) is 0 Å². The van der Waals surface area contributed by atoms with Gasteiger partial charge in [0, 0.05) is 12.7 Å². The molecular formula is C15H21ClN2O2. The minimum Gasteiger partial charge on any atom is -0.478 e. The summed E-state index contributed by atoms with van der Waals surface area (Å²) in [4.78, 5) is 15.1. The minimum atomic E-state index is -1.02. The van der Waals surface area contributed by atoms with Crippen LogP contribution in [0.3, 0.4) is 0 Å². The first-order chi connectivity index (χ1) is 9.60. The van der Waals surface area contributed by atoms with Crippen LogP contribution in [0, 0.1) is 11.8 Å². The summed E-state index contributed by atoms with van der Waals surface area (Å²) in [5.74, 6) is 1.11. The molecule has 0 saturated heterocycles. The summed E-state index contributed by atoms with van der Waals surface area (Å²) in [5, 5.41) is 12.4. The topological polar surface area (TPSA) is 62.2 Å². The van der Waals surface area contributed by atoms with Gasteiger partial charge in [-0.1, -0.05) is 37.8 Å². The maximum atomic E-state index is 11.0. The molecular weight excluding hydrogens is 276 g/mol. The number of carboxylic acids is 1. The summed E-state index contributed by atoms with van der Waals surface area (Å²) in [5.41, 5.74) is 0.0962. The Morgan fingerprint density at radius 1 is 1.40 bits per heavy atom. The first kappa shape index (κ1) is 15.1. The average molecular weight is 297 g/mol. The van der Waals surface area contributed by atoms with E-state index in [0.29, 0.717) is 11.7 Å². The Morgan fingerprint density at radius 2 is 2.05 bits per heavy atom. The monoisotopic (exact) mass is 296 g/mol. The van der Waals surface area contributed by atoms with Crippen molar-refractivity contribution in [3.05, 3.63) is 22.8 Å². The number of carbonyl (C=O) groups is 1. The number of hydrogen-bond donors (Lipinski definition) is 2. The Balaban J connectivity index is 1.88. The number of aromatic carboxylic acids is 1. The highest BCUT2D eigenvalue weighted by atomic mass is 35.5. The lowest BCUT2D eigenvalue weighted by molar-refractivity contribution is 0.0697. The van der Waals surface area contributed by atoms with Crippen molar-refractivity contribution in [2.75, 3.05) is 11.9 Å². The lowest BCUT2D eigenvalue weighted by atomic mass is 9.81. The Hall–Kier alpha value is -1.29. The number of pyridine rings is 1. The molecule has 2 N–H and O–H groups in total. The molecule has 0 bridgehead atoms. The molecule has 1 aliphatic carbocycles. The van der Waals surface area contributed by atoms with Crippen LogP contribution in [0.25, 0.3) is 0 Å². The van der Waals surface area contributed by atoms with Crippen molar-refractivity contribution >= 4 is 23.4 Å². The van der Waals surface area contributed by atoms with E-state index in [0.717, 1.165) is 12.5 Å². The Morgan fingerprint density at radius 3 is 2.65 bits per heavy atom. The summed E-state index contributed by atoms with van der Waals surface area (Å²) in [6.07, 6.45) is 7.76. The van der Waals surface area contributed by atoms with Gasteiger partial charge in [-0.2, -0.15) is 0 Å². The largest absolute Gasteiger partial charge is 0.478 e. The number of nitrogens with zero attached hydrogens (tertiary/aromatic N) is 1. The molecule has 0 radical (unpaired) electrons. The highest BCUT2D eigenvalue weighted by Crippen LogP contribution is 2.30. The van der Waals surface area contributed by atoms with Crippen LogP contribution in [0.2, 0.25) is 5.02 Å². The number of anilines is 1. The molecule has 0 unspecified atom stereocenters. The van der Waals surface area contributed by atoms with Crippen molar-refractivity contribution < 1.29 is 9.90 Å². The molecule has 1 heterocycles. The van der Waals surface area contributed by atoms with Gasteiger partial charge >= 0.3 is 5.97 Å². The van der Waals surface area contributed by atoms with Gasteiger partial charge in [0.15, 0.2) is 0 Å². The zero-order valence-corrected chi connectivity index (χ0v) is 12.5. The Labute approximate surface area is 124 Å². The number of carboxylic acid groups (broad SMARTS) is 1. The lowest BCUT2D eigenvalue weighted by Crippen LogP contribution is -2.21. The van der Waals surface area contributed by atoms with Crippen molar-refractivity contribution in [1.29, 1.82) is 0 Å². The smallest absolute Gasteiger partial charge is 0.337 e. The molecule has 1 aromatic heterocycles. The molecule has 5 heteroatoms. The first-order valence-electron chi connectivity index (χ1n) is 7.22. The molecule has 4 nitrogen and oxygen atoms in total. The first-order valence-corrected chi connectivity index (χ1v) is 7.60. The molecule has 0 spiro atoms. The average Bonchev–Trinajstić information content (AvgIpc) is 2.46. The number of aromatic nitrogens is 1. The number of halogens is 1. The highest BCUT2D eigenvalue weighted by Gasteiger charge is 2.20. The van der Waals surface area contributed by atoms with Crippen LogP contribution < -0.4 is 5.32 Å². The van der Waals surface area contributed by atoms with Gasteiger partial charge in [-0.05, 0) is 30.7 Å². The number of hydrogen-bond acceptors (Lipinski definition) is 3. The second kappa shape index (κ2) is 6.93. The van der Waals surface area contributed by atoms with E-state index in [4.69, 9.17) is 16.7 Å². The summed E-state index contributed by atoms with van der Waals surface area (Å²) >= 11 is 5.80. The van der Waals surface area contributed by atoms with Gasteiger partial charge in [0.05, 0.1) is 10.6 Å². The fourth-order valence-electron chi connectivity index (χ4n) is 2.79. The number of nitrogens with one attached hydrogen (secondary N) is 1. The molecule has 1 fully saturated rings. The van der Waals surface area contributed by atoms with Crippen LogP contribution in [-0.4, -0.2) is 22.6 Å². The van der Waals surface area contributed by atoms with Gasteiger partial charge in [-0.3, -0.25) is 0 Å². The molecule has 1 saturated carbocycles. The summed E-state index contributed by atoms with van der Waals surface area (Å²) in [6, 6.07) is 1.50. The van der Waals surface area contributed by atoms with E-state index < -0.39 is 5.97 Å². The van der Waals surface area contributed by atoms with Gasteiger partial charge in [-0.25, -0.2) is 9.78 Å². The van der Waals surface area contributed by atoms with Crippen molar-refractivity contribution in [2.24, 2.45) is 11.8 Å². The molecule has 0 atom stereocenters. The van der Waals surface area contributed by atoms with Crippen molar-refractivity contribution in [2.45, 2.75) is 39.0 Å². The van der Waals surface area contributed by atoms with E-state index in [1.807, 2.05) is 0 Å². The fraction of sp³-hybridized carbons (Fsp3) is 0.600. The van der Waals surface area contributed by atoms with Gasteiger partial charge < -0.3 is 10.4 Å². The summed E-state index contributed by atoms with van der Waals surface area (Å²) < 4.78 is 0. The van der Waals surface area contributed by atoms with Crippen molar-refractivity contribution in [1.82, 2.24) is 4.98 Å². The second-order valence-corrected chi connectivity index (χ2v) is 5.94. The fourth-order valence-corrected chi connectivity index (χ4v) is 2.98. The molecule has 0 aromatic carbocycles. The van der Waals surface area contributed by atoms with Crippen molar-refractivity contribution in [3.63, 3.8) is 0 Å². The normalized spacial score (nSPS) is 22.5. The van der Waals surface area contributed by atoms with E-state index in [1.165, 1.54) is 44.4 Å². The standard InChI is InChI=1S/C15H21ClN2O2/c1-2-10-3-5-11(6-4-10)8-17-14-7-12(15(19)20)13(16)9-18-14/h7,9-11H,2-6,8H2,1H3,(H,17,18)(H,19,20). The maximum absolute atomic E-state index is 11.0. The molecule has 0 aliphatic heterocycles. The zero-order chi connectivity index (χ0) is 14.5. The lowest BCUT2D eigenvalue weighted by Gasteiger charge is -2.28. The van der Waals surface area contributed by atoms with E-state index in [9.17, 15) is 4.79 Å². The molecule has 1 aromatic rings. The van der Waals surface area contributed by atoms with Crippen molar-refractivity contribution in [3.8, 4) is 0 Å². The molecule has 2 rings (SSSR count). The van der Waals surface area contributed by atoms with Crippen LogP contribution >= 0.6 is 11.6 Å². The predicted octanol–water partition coefficient (Wildman–Crippen LogP) is 4.06. The third-order valence-corrected chi connectivity index (χ3v) is 4.50. The zero-order valence-electron chi connectivity index (χ0n) is 11.7. The summed E-state index contributed by atoms with van der Waals surface area (Å²) in [6.45, 7) is 3.11. The molecule has 1 aliphatic rings. The summed E-state index contributed by atoms with van der Waals surface area (Å²) in [7, 11) is 0.